The summed E-state index contributed by atoms with van der Waals surface area (Å²) in [6.45, 7) is 5.25. The normalized spacial score (nSPS) is 13.8. The number of carbonyl (C=O) groups is 2. The standard InChI is InChI=1S/C27H29N7O3S/c1-3-29-25(36)19(15-28)27-34(4-2)26(37)21(38-27)16-30-22-12-7-13-23(31-22)32-24(35)17-33-14-8-10-18-9-5-6-11-20(18)33/h5-7,9,11-13,16H,3-4,8,10,14,17H2,1-2H3,(H,29,36)(H2,30,31,32,35)/b21-16+,27-19-. The molecule has 4 rings (SSSR count). The van der Waals surface area contributed by atoms with Gasteiger partial charge >= 0.3 is 0 Å². The van der Waals surface area contributed by atoms with E-state index in [9.17, 15) is 19.6 Å². The van der Waals surface area contributed by atoms with Crippen molar-refractivity contribution in [2.45, 2.75) is 33.2 Å². The molecule has 3 N–H and O–H groups in total. The van der Waals surface area contributed by atoms with Crippen LogP contribution in [0.5, 0.6) is 0 Å². The minimum atomic E-state index is -0.517. The number of rotatable bonds is 8. The van der Waals surface area contributed by atoms with Gasteiger partial charge in [0.2, 0.25) is 5.91 Å². The van der Waals surface area contributed by atoms with E-state index in [1.807, 2.05) is 24.3 Å². The van der Waals surface area contributed by atoms with E-state index in [-0.39, 0.29) is 23.6 Å². The Bertz CT molecular complexity index is 1570. The largest absolute Gasteiger partial charge is 0.362 e. The predicted molar refractivity (Wildman–Crippen MR) is 149 cm³/mol. The number of nitrogens with one attached hydrogen (secondary N) is 3. The van der Waals surface area contributed by atoms with Gasteiger partial charge in [-0.1, -0.05) is 24.3 Å². The van der Waals surface area contributed by atoms with Crippen molar-refractivity contribution < 1.29 is 9.59 Å². The summed E-state index contributed by atoms with van der Waals surface area (Å²) in [6, 6.07) is 15.2. The summed E-state index contributed by atoms with van der Waals surface area (Å²) < 4.78 is 2.01. The molecule has 0 saturated heterocycles. The van der Waals surface area contributed by atoms with Gasteiger partial charge in [-0.2, -0.15) is 5.26 Å². The molecule has 1 aliphatic heterocycles. The van der Waals surface area contributed by atoms with E-state index in [2.05, 4.69) is 31.9 Å². The molecule has 2 amide bonds. The minimum Gasteiger partial charge on any atom is -0.362 e. The summed E-state index contributed by atoms with van der Waals surface area (Å²) in [5.41, 5.74) is 1.91. The Balaban J connectivity index is 1.51. The molecule has 0 radical (unpaired) electrons. The second kappa shape index (κ2) is 12.2. The molecule has 196 valence electrons. The molecule has 0 saturated carbocycles. The minimum absolute atomic E-state index is 0.102. The smallest absolute Gasteiger partial charge is 0.270 e. The maximum atomic E-state index is 12.9. The first-order chi connectivity index (χ1) is 18.4. The van der Waals surface area contributed by atoms with Gasteiger partial charge in [0.05, 0.1) is 6.54 Å². The number of nitriles is 1. The van der Waals surface area contributed by atoms with Gasteiger partial charge in [-0.15, -0.1) is 11.3 Å². The van der Waals surface area contributed by atoms with E-state index < -0.39 is 5.91 Å². The summed E-state index contributed by atoms with van der Waals surface area (Å²) in [6.07, 6.45) is 3.50. The van der Waals surface area contributed by atoms with Crippen molar-refractivity contribution >= 4 is 52.2 Å². The van der Waals surface area contributed by atoms with Crippen LogP contribution in [0.3, 0.4) is 0 Å². The van der Waals surface area contributed by atoms with Gasteiger partial charge in [0.25, 0.3) is 11.5 Å². The number of thiazole rings is 1. The van der Waals surface area contributed by atoms with Crippen molar-refractivity contribution in [3.05, 3.63) is 67.6 Å². The molecule has 2 aromatic heterocycles. The van der Waals surface area contributed by atoms with Crippen LogP contribution in [0, 0.1) is 11.3 Å². The van der Waals surface area contributed by atoms with Gasteiger partial charge in [-0.05, 0) is 50.5 Å². The maximum absolute atomic E-state index is 12.9. The van der Waals surface area contributed by atoms with Crippen LogP contribution < -0.4 is 35.6 Å². The number of anilines is 3. The zero-order chi connectivity index (χ0) is 27.1. The van der Waals surface area contributed by atoms with Gasteiger partial charge < -0.3 is 20.9 Å². The number of carbonyl (C=O) groups excluding carboxylic acids is 2. The first kappa shape index (κ1) is 26.6. The lowest BCUT2D eigenvalue weighted by Crippen LogP contribution is -2.36. The Hall–Kier alpha value is -4.43. The number of aryl methyl sites for hydroxylation is 1. The van der Waals surface area contributed by atoms with Crippen LogP contribution >= 0.6 is 11.3 Å². The highest BCUT2D eigenvalue weighted by Crippen LogP contribution is 2.26. The molecule has 38 heavy (non-hydrogen) atoms. The van der Waals surface area contributed by atoms with E-state index in [0.29, 0.717) is 33.9 Å². The predicted octanol–water partition coefficient (Wildman–Crippen LogP) is 1.38. The second-order valence-corrected chi connectivity index (χ2v) is 9.60. The molecule has 0 fully saturated rings. The van der Waals surface area contributed by atoms with Crippen LogP contribution in [0.1, 0.15) is 25.8 Å². The number of amides is 2. The van der Waals surface area contributed by atoms with Crippen molar-refractivity contribution in [3.8, 4) is 6.07 Å². The van der Waals surface area contributed by atoms with Crippen LogP contribution in [0.2, 0.25) is 0 Å². The van der Waals surface area contributed by atoms with Crippen LogP contribution in [0.15, 0.2) is 47.3 Å². The monoisotopic (exact) mass is 531 g/mol. The number of hydrogen-bond donors (Lipinski definition) is 3. The van der Waals surface area contributed by atoms with Crippen molar-refractivity contribution in [1.29, 1.82) is 5.26 Å². The maximum Gasteiger partial charge on any atom is 0.270 e. The lowest BCUT2D eigenvalue weighted by molar-refractivity contribution is -0.116. The molecule has 3 aromatic rings. The number of para-hydroxylation sites is 1. The van der Waals surface area contributed by atoms with Crippen LogP contribution in [-0.4, -0.2) is 41.0 Å². The molecule has 10 nitrogen and oxygen atoms in total. The molecule has 3 heterocycles. The van der Waals surface area contributed by atoms with Crippen LogP contribution in [0.25, 0.3) is 11.8 Å². The van der Waals surface area contributed by atoms with Gasteiger partial charge in [-0.3, -0.25) is 19.0 Å². The summed E-state index contributed by atoms with van der Waals surface area (Å²) in [7, 11) is 0. The molecule has 0 aliphatic carbocycles. The number of pyridine rings is 1. The quantitative estimate of drug-likeness (QED) is 0.400. The van der Waals surface area contributed by atoms with Gasteiger partial charge in [0, 0.05) is 31.5 Å². The van der Waals surface area contributed by atoms with E-state index in [1.165, 1.54) is 16.3 Å². The molecule has 0 bridgehead atoms. The number of fused-ring (bicyclic) bond motifs is 1. The van der Waals surface area contributed by atoms with Gasteiger partial charge in [-0.25, -0.2) is 4.98 Å². The van der Waals surface area contributed by atoms with Crippen LogP contribution in [-0.2, 0) is 22.6 Å². The first-order valence-corrected chi connectivity index (χ1v) is 13.3. The Morgan fingerprint density at radius 1 is 1.16 bits per heavy atom. The molecule has 1 aliphatic rings. The zero-order valence-electron chi connectivity index (χ0n) is 21.3. The highest BCUT2D eigenvalue weighted by molar-refractivity contribution is 7.07. The average molecular weight is 532 g/mol. The van der Waals surface area contributed by atoms with Crippen molar-refractivity contribution in [2.75, 3.05) is 35.2 Å². The first-order valence-electron chi connectivity index (χ1n) is 12.4. The molecule has 0 unspecified atom stereocenters. The summed E-state index contributed by atoms with van der Waals surface area (Å²) in [5, 5.41) is 18.0. The summed E-state index contributed by atoms with van der Waals surface area (Å²) >= 11 is 1.05. The van der Waals surface area contributed by atoms with Crippen LogP contribution in [0.4, 0.5) is 17.3 Å². The van der Waals surface area contributed by atoms with Gasteiger partial charge in [0.15, 0.2) is 5.57 Å². The fourth-order valence-corrected chi connectivity index (χ4v) is 5.38. The SMILES string of the molecule is CCNC(=O)/C(C#N)=c1\s/c(=C/Nc2cccc(NC(=O)CN3CCCc4ccccc43)n2)c(=O)n1CC. The second-order valence-electron chi connectivity index (χ2n) is 8.57. The number of aromatic nitrogens is 2. The summed E-state index contributed by atoms with van der Waals surface area (Å²) in [4.78, 5) is 44.5. The lowest BCUT2D eigenvalue weighted by Gasteiger charge is -2.30. The Morgan fingerprint density at radius 3 is 2.71 bits per heavy atom. The zero-order valence-corrected chi connectivity index (χ0v) is 22.1. The third kappa shape index (κ3) is 5.92. The Kier molecular flexibility index (Phi) is 8.55. The molecule has 0 spiro atoms. The van der Waals surface area contributed by atoms with Crippen molar-refractivity contribution in [2.24, 2.45) is 0 Å². The molecule has 0 atom stereocenters. The number of hydrogen-bond acceptors (Lipinski definition) is 8. The van der Waals surface area contributed by atoms with Crippen molar-refractivity contribution in [3.63, 3.8) is 0 Å². The average Bonchev–Trinajstić information content (AvgIpc) is 3.23. The Labute approximate surface area is 223 Å². The molecular weight excluding hydrogens is 502 g/mol. The fraction of sp³-hybridized carbons (Fsp3) is 0.296. The molecular formula is C27H29N7O3S. The topological polar surface area (TPSA) is 132 Å². The number of nitrogens with zero attached hydrogens (tertiary/aromatic N) is 4. The third-order valence-electron chi connectivity index (χ3n) is 6.02. The van der Waals surface area contributed by atoms with Crippen molar-refractivity contribution in [1.82, 2.24) is 14.9 Å². The molecule has 1 aromatic carbocycles. The van der Waals surface area contributed by atoms with E-state index >= 15 is 0 Å². The van der Waals surface area contributed by atoms with E-state index in [1.54, 1.807) is 32.0 Å². The van der Waals surface area contributed by atoms with E-state index in [4.69, 9.17) is 0 Å². The highest BCUT2D eigenvalue weighted by atomic mass is 32.1. The van der Waals surface area contributed by atoms with Gasteiger partial charge in [0.1, 0.15) is 26.9 Å². The highest BCUT2D eigenvalue weighted by Gasteiger charge is 2.19. The number of benzene rings is 1. The Morgan fingerprint density at radius 2 is 1.95 bits per heavy atom. The summed E-state index contributed by atoms with van der Waals surface area (Å²) in [5.74, 6) is 0.120. The molecule has 11 heteroatoms. The van der Waals surface area contributed by atoms with E-state index in [0.717, 1.165) is 36.4 Å². The fourth-order valence-electron chi connectivity index (χ4n) is 4.29. The third-order valence-corrected chi connectivity index (χ3v) is 7.15. The lowest BCUT2D eigenvalue weighted by atomic mass is 10.0.